The van der Waals surface area contributed by atoms with Gasteiger partial charge in [-0.3, -0.25) is 14.9 Å². The average molecular weight is 626 g/mol. The summed E-state index contributed by atoms with van der Waals surface area (Å²) in [4.78, 5) is 20.7. The summed E-state index contributed by atoms with van der Waals surface area (Å²) < 4.78 is 107. The molecule has 8 nitrogen and oxygen atoms in total. The monoisotopic (exact) mass is 625 g/mol. The molecule has 4 aliphatic heterocycles. The molecule has 0 aromatic carbocycles. The van der Waals surface area contributed by atoms with Gasteiger partial charge in [0.1, 0.15) is 35.5 Å². The van der Waals surface area contributed by atoms with Crippen molar-refractivity contribution in [3.8, 4) is 17.4 Å². The molecule has 4 fully saturated rings. The number of rotatable bonds is 6. The van der Waals surface area contributed by atoms with E-state index in [2.05, 4.69) is 25.3 Å². The third-order valence-electron chi connectivity index (χ3n) is 9.44. The molecule has 15 heteroatoms. The van der Waals surface area contributed by atoms with Crippen molar-refractivity contribution in [2.75, 3.05) is 37.7 Å². The lowest BCUT2D eigenvalue weighted by Gasteiger charge is -2.34. The number of piperazine rings is 1. The van der Waals surface area contributed by atoms with Crippen molar-refractivity contribution in [1.82, 2.24) is 30.2 Å². The third-order valence-corrected chi connectivity index (χ3v) is 9.44. The second kappa shape index (κ2) is 10.4. The summed E-state index contributed by atoms with van der Waals surface area (Å²) in [5.74, 6) is -6.23. The molecule has 3 aromatic heterocycles. The molecule has 0 aliphatic carbocycles. The lowest BCUT2D eigenvalue weighted by atomic mass is 9.95. The summed E-state index contributed by atoms with van der Waals surface area (Å²) in [6.07, 6.45) is -0.981. The van der Waals surface area contributed by atoms with E-state index >= 15 is 4.39 Å². The van der Waals surface area contributed by atoms with Gasteiger partial charge in [-0.1, -0.05) is 0 Å². The molecule has 0 unspecified atom stereocenters. The zero-order chi connectivity index (χ0) is 31.0. The van der Waals surface area contributed by atoms with Gasteiger partial charge in [0.15, 0.2) is 5.82 Å². The van der Waals surface area contributed by atoms with Gasteiger partial charge >= 0.3 is 18.1 Å². The number of fused-ring (bicyclic) bond motifs is 4. The fourth-order valence-electron chi connectivity index (χ4n) is 7.39. The van der Waals surface area contributed by atoms with Gasteiger partial charge in [0.05, 0.1) is 16.5 Å². The van der Waals surface area contributed by atoms with Crippen LogP contribution in [0.5, 0.6) is 6.01 Å². The van der Waals surface area contributed by atoms with Crippen molar-refractivity contribution < 1.29 is 35.5 Å². The number of aryl methyl sites for hydroxylation is 1. The molecular formula is C29H30F7N7O. The maximum atomic E-state index is 16.4. The first kappa shape index (κ1) is 29.4. The Morgan fingerprint density at radius 3 is 2.52 bits per heavy atom. The number of nitrogens with zero attached hydrogens (tertiary/aromatic N) is 6. The standard InChI is InChI=1S/C29H30F7N7O/c1-15-5-7-37-23(20(15)28(32,33)29(34,35)36)24-21(31)22-19(10-38-24)25(42-12-17-3-4-18(13-42)39-17)41-26(40-22)44-14-27-6-2-8-43(27)11-16(30)9-27/h5,7,10,16-18,39H,2-4,6,8-9,11-14H2,1H3/t16-,17-,18+,27+/m1/s1. The highest BCUT2D eigenvalue weighted by atomic mass is 19.4. The molecule has 7 heterocycles. The summed E-state index contributed by atoms with van der Waals surface area (Å²) in [7, 11) is 0. The van der Waals surface area contributed by atoms with Gasteiger partial charge in [-0.05, 0) is 50.8 Å². The Morgan fingerprint density at radius 1 is 1.05 bits per heavy atom. The summed E-state index contributed by atoms with van der Waals surface area (Å²) in [5.41, 5.74) is -4.53. The van der Waals surface area contributed by atoms with Crippen LogP contribution in [0.4, 0.5) is 36.6 Å². The Balaban J connectivity index is 1.34. The van der Waals surface area contributed by atoms with Gasteiger partial charge < -0.3 is 15.0 Å². The number of aromatic nitrogens is 4. The minimum absolute atomic E-state index is 0.0616. The number of hydrogen-bond donors (Lipinski definition) is 1. The minimum Gasteiger partial charge on any atom is -0.461 e. The SMILES string of the molecule is Cc1ccnc(-c2ncc3c(N4C[C@H]5CC[C@@H](C4)N5)nc(OC[C@@]45CCCN4C[C@H](F)C5)nc3c2F)c1C(F)(F)C(F)(F)F. The van der Waals surface area contributed by atoms with Crippen LogP contribution >= 0.6 is 0 Å². The van der Waals surface area contributed by atoms with Crippen molar-refractivity contribution in [2.45, 2.75) is 74.9 Å². The molecule has 0 radical (unpaired) electrons. The lowest BCUT2D eigenvalue weighted by molar-refractivity contribution is -0.289. The van der Waals surface area contributed by atoms with Gasteiger partial charge in [-0.15, -0.1) is 0 Å². The van der Waals surface area contributed by atoms with Crippen LogP contribution in [0.2, 0.25) is 0 Å². The molecular weight excluding hydrogens is 595 g/mol. The van der Waals surface area contributed by atoms with Crippen LogP contribution in [0.15, 0.2) is 18.5 Å². The Bertz CT molecular complexity index is 1590. The van der Waals surface area contributed by atoms with Crippen molar-refractivity contribution in [1.29, 1.82) is 0 Å². The number of halogens is 7. The first-order valence-electron chi connectivity index (χ1n) is 14.7. The summed E-state index contributed by atoms with van der Waals surface area (Å²) in [5, 5.41) is 3.66. The van der Waals surface area contributed by atoms with Crippen LogP contribution in [0.3, 0.4) is 0 Å². The molecule has 0 amide bonds. The number of ether oxygens (including phenoxy) is 1. The van der Waals surface area contributed by atoms with E-state index in [0.717, 1.165) is 45.0 Å². The molecule has 0 spiro atoms. The molecule has 0 saturated carbocycles. The molecule has 3 aromatic rings. The van der Waals surface area contributed by atoms with Crippen LogP contribution in [0.1, 0.15) is 43.2 Å². The van der Waals surface area contributed by atoms with Gasteiger partial charge in [0.25, 0.3) is 0 Å². The molecule has 44 heavy (non-hydrogen) atoms. The average Bonchev–Trinajstić information content (AvgIpc) is 3.61. The van der Waals surface area contributed by atoms with Gasteiger partial charge in [0.2, 0.25) is 0 Å². The second-order valence-electron chi connectivity index (χ2n) is 12.3. The van der Waals surface area contributed by atoms with E-state index in [-0.39, 0.29) is 42.0 Å². The second-order valence-corrected chi connectivity index (χ2v) is 12.3. The van der Waals surface area contributed by atoms with E-state index < -0.39 is 52.1 Å². The Kier molecular flexibility index (Phi) is 6.92. The van der Waals surface area contributed by atoms with Gasteiger partial charge in [-0.25, -0.2) is 8.78 Å². The molecule has 4 aliphatic rings. The highest BCUT2D eigenvalue weighted by molar-refractivity contribution is 5.92. The van der Waals surface area contributed by atoms with Crippen molar-refractivity contribution in [3.63, 3.8) is 0 Å². The zero-order valence-corrected chi connectivity index (χ0v) is 23.8. The highest BCUT2D eigenvalue weighted by Crippen LogP contribution is 2.48. The highest BCUT2D eigenvalue weighted by Gasteiger charge is 2.60. The molecule has 4 atom stereocenters. The summed E-state index contributed by atoms with van der Waals surface area (Å²) >= 11 is 0. The van der Waals surface area contributed by atoms with Gasteiger partial charge in [0, 0.05) is 50.5 Å². The maximum absolute atomic E-state index is 16.4. The quantitative estimate of drug-likeness (QED) is 0.380. The van der Waals surface area contributed by atoms with Crippen molar-refractivity contribution in [3.05, 3.63) is 35.4 Å². The topological polar surface area (TPSA) is 79.3 Å². The number of alkyl halides is 6. The first-order chi connectivity index (χ1) is 20.9. The smallest absolute Gasteiger partial charge is 0.458 e. The molecule has 4 saturated heterocycles. The van der Waals surface area contributed by atoms with Crippen LogP contribution in [0.25, 0.3) is 22.3 Å². The Morgan fingerprint density at radius 2 is 1.80 bits per heavy atom. The summed E-state index contributed by atoms with van der Waals surface area (Å²) in [6, 6.07) is 1.15. The summed E-state index contributed by atoms with van der Waals surface area (Å²) in [6.45, 7) is 3.26. The molecule has 236 valence electrons. The van der Waals surface area contributed by atoms with E-state index in [4.69, 9.17) is 4.74 Å². The molecule has 1 N–H and O–H groups in total. The van der Waals surface area contributed by atoms with Crippen molar-refractivity contribution in [2.24, 2.45) is 0 Å². The largest absolute Gasteiger partial charge is 0.461 e. The van der Waals surface area contributed by atoms with Crippen molar-refractivity contribution >= 4 is 16.7 Å². The minimum atomic E-state index is -5.95. The zero-order valence-electron chi connectivity index (χ0n) is 23.8. The predicted octanol–water partition coefficient (Wildman–Crippen LogP) is 5.08. The van der Waals surface area contributed by atoms with E-state index in [0.29, 0.717) is 31.9 Å². The third kappa shape index (κ3) is 4.73. The Hall–Kier alpha value is -3.33. The van der Waals surface area contributed by atoms with E-state index in [9.17, 15) is 26.3 Å². The van der Waals surface area contributed by atoms with Gasteiger partial charge in [-0.2, -0.15) is 31.9 Å². The molecule has 2 bridgehead atoms. The first-order valence-corrected chi connectivity index (χ1v) is 14.7. The van der Waals surface area contributed by atoms with E-state index in [1.54, 1.807) is 0 Å². The van der Waals surface area contributed by atoms with E-state index in [1.165, 1.54) is 6.20 Å². The lowest BCUT2D eigenvalue weighted by Crippen LogP contribution is -2.51. The Labute approximate surface area is 248 Å². The van der Waals surface area contributed by atoms with Crippen LogP contribution in [0, 0.1) is 12.7 Å². The van der Waals surface area contributed by atoms with E-state index in [1.807, 2.05) is 9.80 Å². The fourth-order valence-corrected chi connectivity index (χ4v) is 7.39. The van der Waals surface area contributed by atoms with Crippen LogP contribution in [-0.4, -0.2) is 87.6 Å². The van der Waals surface area contributed by atoms with Crippen LogP contribution in [-0.2, 0) is 5.92 Å². The maximum Gasteiger partial charge on any atom is 0.458 e. The predicted molar refractivity (Wildman–Crippen MR) is 146 cm³/mol. The van der Waals surface area contributed by atoms with Crippen LogP contribution < -0.4 is 15.0 Å². The number of hydrogen-bond acceptors (Lipinski definition) is 8. The molecule has 7 rings (SSSR count). The normalized spacial score (nSPS) is 27.4. The number of anilines is 1. The fraction of sp³-hybridized carbons (Fsp3) is 0.586. The number of nitrogens with one attached hydrogen (secondary N) is 1. The number of pyridine rings is 2.